The van der Waals surface area contributed by atoms with E-state index in [2.05, 4.69) is 43.2 Å². The fourth-order valence-electron chi connectivity index (χ4n) is 3.05. The van der Waals surface area contributed by atoms with Gasteiger partial charge in [-0.2, -0.15) is 0 Å². The molecule has 106 valence electrons. The van der Waals surface area contributed by atoms with Crippen LogP contribution in [0.4, 0.5) is 10.1 Å². The molecule has 0 aliphatic heterocycles. The lowest BCUT2D eigenvalue weighted by atomic mass is 10.0. The van der Waals surface area contributed by atoms with Crippen LogP contribution >= 0.6 is 0 Å². The molecule has 0 saturated heterocycles. The zero-order valence-corrected chi connectivity index (χ0v) is 12.1. The molecular weight excluding hydrogens is 257 g/mol. The van der Waals surface area contributed by atoms with Crippen molar-refractivity contribution in [2.24, 2.45) is 10.8 Å². The SMILES string of the molecule is CC1(C)C(n2nnnc2-c2ccc(F)cc2N)C1(C)C. The van der Waals surface area contributed by atoms with Gasteiger partial charge in [0.1, 0.15) is 5.82 Å². The van der Waals surface area contributed by atoms with Crippen LogP contribution in [0.2, 0.25) is 0 Å². The summed E-state index contributed by atoms with van der Waals surface area (Å²) in [6.45, 7) is 8.77. The summed E-state index contributed by atoms with van der Waals surface area (Å²) < 4.78 is 15.0. The smallest absolute Gasteiger partial charge is 0.184 e. The maximum atomic E-state index is 13.2. The molecule has 20 heavy (non-hydrogen) atoms. The van der Waals surface area contributed by atoms with Crippen molar-refractivity contribution in [3.05, 3.63) is 24.0 Å². The third-order valence-corrected chi connectivity index (χ3v) is 4.94. The summed E-state index contributed by atoms with van der Waals surface area (Å²) in [5.74, 6) is 0.225. The van der Waals surface area contributed by atoms with Gasteiger partial charge in [-0.15, -0.1) is 5.10 Å². The summed E-state index contributed by atoms with van der Waals surface area (Å²) in [4.78, 5) is 0. The number of hydrogen-bond acceptors (Lipinski definition) is 4. The standard InChI is InChI=1S/C14H18FN5/c1-13(2)12(14(13,3)4)20-11(17-18-19-20)9-6-5-8(15)7-10(9)16/h5-7,12H,16H2,1-4H3. The molecule has 0 amide bonds. The minimum absolute atomic E-state index is 0.103. The lowest BCUT2D eigenvalue weighted by Gasteiger charge is -2.08. The number of hydrogen-bond donors (Lipinski definition) is 1. The summed E-state index contributed by atoms with van der Waals surface area (Å²) >= 11 is 0. The maximum Gasteiger partial charge on any atom is 0.184 e. The first-order valence-corrected chi connectivity index (χ1v) is 6.60. The molecule has 0 atom stereocenters. The lowest BCUT2D eigenvalue weighted by molar-refractivity contribution is 0.457. The molecule has 0 unspecified atom stereocenters. The van der Waals surface area contributed by atoms with E-state index in [1.165, 1.54) is 12.1 Å². The molecule has 3 rings (SSSR count). The van der Waals surface area contributed by atoms with Crippen LogP contribution in [-0.4, -0.2) is 20.2 Å². The second kappa shape index (κ2) is 3.77. The topological polar surface area (TPSA) is 69.6 Å². The van der Waals surface area contributed by atoms with Crippen LogP contribution < -0.4 is 5.73 Å². The monoisotopic (exact) mass is 275 g/mol. The van der Waals surface area contributed by atoms with Gasteiger partial charge in [-0.25, -0.2) is 9.07 Å². The van der Waals surface area contributed by atoms with Crippen LogP contribution in [0.25, 0.3) is 11.4 Å². The molecule has 0 spiro atoms. The van der Waals surface area contributed by atoms with Crippen LogP contribution in [-0.2, 0) is 0 Å². The average Bonchev–Trinajstić information content (AvgIpc) is 2.67. The maximum absolute atomic E-state index is 13.2. The van der Waals surface area contributed by atoms with Gasteiger partial charge >= 0.3 is 0 Å². The molecule has 0 bridgehead atoms. The number of nitrogens with two attached hydrogens (primary N) is 1. The Balaban J connectivity index is 2.09. The summed E-state index contributed by atoms with van der Waals surface area (Å²) in [6, 6.07) is 4.48. The van der Waals surface area contributed by atoms with Gasteiger partial charge in [-0.05, 0) is 39.5 Å². The van der Waals surface area contributed by atoms with Crippen molar-refractivity contribution in [2.75, 3.05) is 5.73 Å². The number of benzene rings is 1. The molecule has 2 N–H and O–H groups in total. The van der Waals surface area contributed by atoms with E-state index in [-0.39, 0.29) is 22.7 Å². The number of anilines is 1. The van der Waals surface area contributed by atoms with Crippen molar-refractivity contribution in [3.63, 3.8) is 0 Å². The second-order valence-corrected chi connectivity index (χ2v) is 6.52. The van der Waals surface area contributed by atoms with E-state index < -0.39 is 0 Å². The molecular formula is C14H18FN5. The molecule has 1 aliphatic carbocycles. The predicted octanol–water partition coefficient (Wildman–Crippen LogP) is 2.67. The molecule has 1 fully saturated rings. The normalized spacial score (nSPS) is 20.1. The zero-order valence-electron chi connectivity index (χ0n) is 12.1. The highest BCUT2D eigenvalue weighted by atomic mass is 19.1. The molecule has 2 aromatic rings. The van der Waals surface area contributed by atoms with Gasteiger partial charge in [0.15, 0.2) is 5.82 Å². The number of tetrazole rings is 1. The number of nitrogen functional groups attached to an aromatic ring is 1. The summed E-state index contributed by atoms with van der Waals surface area (Å²) in [5.41, 5.74) is 7.10. The number of aromatic nitrogens is 4. The van der Waals surface area contributed by atoms with Crippen molar-refractivity contribution in [1.29, 1.82) is 0 Å². The molecule has 1 aliphatic rings. The highest BCUT2D eigenvalue weighted by Gasteiger charge is 2.67. The molecule has 1 aromatic carbocycles. The first-order valence-electron chi connectivity index (χ1n) is 6.60. The molecule has 5 nitrogen and oxygen atoms in total. The third kappa shape index (κ3) is 1.57. The Bertz CT molecular complexity index is 660. The minimum atomic E-state index is -0.364. The first kappa shape index (κ1) is 13.0. The van der Waals surface area contributed by atoms with E-state index in [1.807, 2.05) is 4.68 Å². The Kier molecular flexibility index (Phi) is 2.46. The van der Waals surface area contributed by atoms with Gasteiger partial charge in [0.25, 0.3) is 0 Å². The van der Waals surface area contributed by atoms with E-state index in [9.17, 15) is 4.39 Å². The van der Waals surface area contributed by atoms with Crippen LogP contribution in [0.5, 0.6) is 0 Å². The van der Waals surface area contributed by atoms with E-state index >= 15 is 0 Å². The van der Waals surface area contributed by atoms with Gasteiger partial charge in [0.05, 0.1) is 6.04 Å². The van der Waals surface area contributed by atoms with Gasteiger partial charge in [-0.1, -0.05) is 27.7 Å². The average molecular weight is 275 g/mol. The zero-order chi connectivity index (χ0) is 14.7. The van der Waals surface area contributed by atoms with Crippen molar-refractivity contribution >= 4 is 5.69 Å². The van der Waals surface area contributed by atoms with Crippen molar-refractivity contribution in [1.82, 2.24) is 20.2 Å². The molecule has 0 radical (unpaired) electrons. The Morgan fingerprint density at radius 1 is 1.20 bits per heavy atom. The molecule has 6 heteroatoms. The Morgan fingerprint density at radius 3 is 2.40 bits per heavy atom. The summed E-state index contributed by atoms with van der Waals surface area (Å²) in [6.07, 6.45) is 0. The third-order valence-electron chi connectivity index (χ3n) is 4.94. The van der Waals surface area contributed by atoms with E-state index in [1.54, 1.807) is 6.07 Å². The Labute approximate surface area is 117 Å². The van der Waals surface area contributed by atoms with E-state index in [0.717, 1.165) is 0 Å². The number of halogens is 1. The first-order chi connectivity index (χ1) is 9.26. The van der Waals surface area contributed by atoms with E-state index in [0.29, 0.717) is 17.1 Å². The van der Waals surface area contributed by atoms with Crippen LogP contribution in [0, 0.1) is 16.6 Å². The minimum Gasteiger partial charge on any atom is -0.398 e. The second-order valence-electron chi connectivity index (χ2n) is 6.52. The van der Waals surface area contributed by atoms with Gasteiger partial charge in [-0.3, -0.25) is 0 Å². The number of rotatable bonds is 2. The highest BCUT2D eigenvalue weighted by Crippen LogP contribution is 2.71. The quantitative estimate of drug-likeness (QED) is 0.855. The Hall–Kier alpha value is -1.98. The van der Waals surface area contributed by atoms with Crippen molar-refractivity contribution in [2.45, 2.75) is 33.7 Å². The number of nitrogens with zero attached hydrogens (tertiary/aromatic N) is 4. The van der Waals surface area contributed by atoms with Crippen LogP contribution in [0.1, 0.15) is 33.7 Å². The van der Waals surface area contributed by atoms with Crippen molar-refractivity contribution < 1.29 is 4.39 Å². The van der Waals surface area contributed by atoms with Gasteiger partial charge in [0.2, 0.25) is 0 Å². The fourth-order valence-corrected chi connectivity index (χ4v) is 3.05. The van der Waals surface area contributed by atoms with Gasteiger partial charge < -0.3 is 5.73 Å². The van der Waals surface area contributed by atoms with Crippen molar-refractivity contribution in [3.8, 4) is 11.4 Å². The molecule has 1 aromatic heterocycles. The fraction of sp³-hybridized carbons (Fsp3) is 0.500. The predicted molar refractivity (Wildman–Crippen MR) is 74.2 cm³/mol. The van der Waals surface area contributed by atoms with Crippen LogP contribution in [0.3, 0.4) is 0 Å². The van der Waals surface area contributed by atoms with Crippen LogP contribution in [0.15, 0.2) is 18.2 Å². The van der Waals surface area contributed by atoms with E-state index in [4.69, 9.17) is 5.73 Å². The molecule has 1 saturated carbocycles. The lowest BCUT2D eigenvalue weighted by Crippen LogP contribution is -2.07. The molecule has 1 heterocycles. The van der Waals surface area contributed by atoms with Gasteiger partial charge in [0, 0.05) is 11.3 Å². The largest absolute Gasteiger partial charge is 0.398 e. The summed E-state index contributed by atoms with van der Waals surface area (Å²) in [7, 11) is 0. The summed E-state index contributed by atoms with van der Waals surface area (Å²) in [5, 5.41) is 12.0. The highest BCUT2D eigenvalue weighted by molar-refractivity contribution is 5.71. The Morgan fingerprint density at radius 2 is 1.85 bits per heavy atom.